The Morgan fingerprint density at radius 3 is 2.79 bits per heavy atom. The number of rotatable bonds is 4. The van der Waals surface area contributed by atoms with Crippen LogP contribution in [-0.4, -0.2) is 19.7 Å². The van der Waals surface area contributed by atoms with Gasteiger partial charge in [-0.1, -0.05) is 30.3 Å². The molecule has 0 radical (unpaired) electrons. The molecule has 0 saturated heterocycles. The average molecular weight is 251 g/mol. The van der Waals surface area contributed by atoms with E-state index in [1.165, 1.54) is 11.9 Å². The first kappa shape index (κ1) is 11.4. The lowest BCUT2D eigenvalue weighted by molar-refractivity contribution is 0.687. The second-order valence-corrected chi connectivity index (χ2v) is 4.13. The van der Waals surface area contributed by atoms with Crippen LogP contribution in [0, 0.1) is 0 Å². The van der Waals surface area contributed by atoms with Gasteiger partial charge in [-0.2, -0.15) is 5.10 Å². The molecule has 0 amide bonds. The molecule has 19 heavy (non-hydrogen) atoms. The number of benzene rings is 1. The highest BCUT2D eigenvalue weighted by Crippen LogP contribution is 2.12. The van der Waals surface area contributed by atoms with E-state index < -0.39 is 0 Å². The van der Waals surface area contributed by atoms with E-state index in [0.717, 1.165) is 18.1 Å². The Morgan fingerprint density at radius 2 is 2.00 bits per heavy atom. The van der Waals surface area contributed by atoms with Crippen molar-refractivity contribution in [1.82, 2.24) is 19.7 Å². The summed E-state index contributed by atoms with van der Waals surface area (Å²) in [4.78, 5) is 7.98. The van der Waals surface area contributed by atoms with Gasteiger partial charge in [0.15, 0.2) is 0 Å². The Hall–Kier alpha value is -2.69. The molecule has 94 valence electrons. The minimum Gasteiger partial charge on any atom is -0.338 e. The molecule has 0 aliphatic rings. The fraction of sp³-hybridized carbons (Fsp3) is 0.0714. The summed E-state index contributed by atoms with van der Waals surface area (Å²) in [6.45, 7) is 0.756. The summed E-state index contributed by atoms with van der Waals surface area (Å²) in [5.41, 5.74) is 2.13. The molecule has 0 atom stereocenters. The molecule has 0 fully saturated rings. The number of hydrogen-bond acceptors (Lipinski definition) is 4. The van der Waals surface area contributed by atoms with Gasteiger partial charge in [0.2, 0.25) is 0 Å². The largest absolute Gasteiger partial charge is 0.338 e. The zero-order chi connectivity index (χ0) is 12.9. The molecule has 5 nitrogen and oxygen atoms in total. The van der Waals surface area contributed by atoms with E-state index in [4.69, 9.17) is 0 Å². The molecule has 0 unspecified atom stereocenters. The third-order valence-corrected chi connectivity index (χ3v) is 2.68. The van der Waals surface area contributed by atoms with Crippen LogP contribution >= 0.6 is 0 Å². The molecule has 3 rings (SSSR count). The first-order valence-corrected chi connectivity index (χ1v) is 5.99. The van der Waals surface area contributed by atoms with Gasteiger partial charge in [0, 0.05) is 12.4 Å². The summed E-state index contributed by atoms with van der Waals surface area (Å²) < 4.78 is 1.89. The highest BCUT2D eigenvalue weighted by Gasteiger charge is 2.00. The fourth-order valence-electron chi connectivity index (χ4n) is 1.80. The standard InChI is InChI=1S/C14H13N5/c1-2-4-12(5-3-1)9-19-10-13(8-17-19)18-14-6-7-15-11-16-14/h1-8,10-11H,9H2,(H,15,16,18). The average Bonchev–Trinajstić information content (AvgIpc) is 2.88. The van der Waals surface area contributed by atoms with Crippen LogP contribution in [0.25, 0.3) is 0 Å². The monoisotopic (exact) mass is 251 g/mol. The van der Waals surface area contributed by atoms with Crippen LogP contribution < -0.4 is 5.32 Å². The zero-order valence-electron chi connectivity index (χ0n) is 10.3. The van der Waals surface area contributed by atoms with Crippen LogP contribution in [0.4, 0.5) is 11.5 Å². The first-order valence-electron chi connectivity index (χ1n) is 5.99. The van der Waals surface area contributed by atoms with Gasteiger partial charge < -0.3 is 5.32 Å². The smallest absolute Gasteiger partial charge is 0.133 e. The lowest BCUT2D eigenvalue weighted by atomic mass is 10.2. The molecular formula is C14H13N5. The van der Waals surface area contributed by atoms with E-state index in [1.54, 1.807) is 12.4 Å². The molecule has 5 heteroatoms. The summed E-state index contributed by atoms with van der Waals surface area (Å²) in [5.74, 6) is 0.759. The molecule has 2 heterocycles. The highest BCUT2D eigenvalue weighted by molar-refractivity contribution is 5.52. The predicted octanol–water partition coefficient (Wildman–Crippen LogP) is 2.47. The van der Waals surface area contributed by atoms with Crippen LogP contribution in [0.2, 0.25) is 0 Å². The van der Waals surface area contributed by atoms with Crippen molar-refractivity contribution < 1.29 is 0 Å². The van der Waals surface area contributed by atoms with Gasteiger partial charge in [0.1, 0.15) is 12.1 Å². The summed E-state index contributed by atoms with van der Waals surface area (Å²) in [7, 11) is 0. The van der Waals surface area contributed by atoms with Gasteiger partial charge in [-0.05, 0) is 11.6 Å². The van der Waals surface area contributed by atoms with Gasteiger partial charge in [0.05, 0.1) is 18.4 Å². The fourth-order valence-corrected chi connectivity index (χ4v) is 1.80. The second-order valence-electron chi connectivity index (χ2n) is 4.13. The molecule has 3 aromatic rings. The van der Waals surface area contributed by atoms with Gasteiger partial charge in [-0.25, -0.2) is 9.97 Å². The third-order valence-electron chi connectivity index (χ3n) is 2.68. The van der Waals surface area contributed by atoms with Gasteiger partial charge in [-0.15, -0.1) is 0 Å². The van der Waals surface area contributed by atoms with Crippen molar-refractivity contribution in [3.8, 4) is 0 Å². The van der Waals surface area contributed by atoms with E-state index in [9.17, 15) is 0 Å². The number of nitrogens with zero attached hydrogens (tertiary/aromatic N) is 4. The summed E-state index contributed by atoms with van der Waals surface area (Å²) in [6.07, 6.45) is 6.95. The van der Waals surface area contributed by atoms with Crippen molar-refractivity contribution >= 4 is 11.5 Å². The maximum absolute atomic E-state index is 4.32. The Morgan fingerprint density at radius 1 is 1.11 bits per heavy atom. The zero-order valence-corrected chi connectivity index (χ0v) is 10.3. The van der Waals surface area contributed by atoms with E-state index in [0.29, 0.717) is 0 Å². The van der Waals surface area contributed by atoms with Crippen LogP contribution in [0.15, 0.2) is 61.3 Å². The SMILES string of the molecule is c1ccc(Cn2cc(Nc3ccncn3)cn2)cc1. The van der Waals surface area contributed by atoms with Crippen LogP contribution in [0.3, 0.4) is 0 Å². The van der Waals surface area contributed by atoms with Crippen molar-refractivity contribution in [3.05, 3.63) is 66.9 Å². The number of anilines is 2. The molecule has 0 spiro atoms. The minimum atomic E-state index is 0.756. The Labute approximate surface area is 111 Å². The lowest BCUT2D eigenvalue weighted by Gasteiger charge is -2.02. The van der Waals surface area contributed by atoms with Gasteiger partial charge in [-0.3, -0.25) is 4.68 Å². The Bertz CT molecular complexity index is 577. The maximum Gasteiger partial charge on any atom is 0.133 e. The van der Waals surface area contributed by atoms with Crippen molar-refractivity contribution in [2.45, 2.75) is 6.54 Å². The van der Waals surface area contributed by atoms with E-state index in [2.05, 4.69) is 32.5 Å². The summed E-state index contributed by atoms with van der Waals surface area (Å²) >= 11 is 0. The highest BCUT2D eigenvalue weighted by atomic mass is 15.3. The number of aromatic nitrogens is 4. The van der Waals surface area contributed by atoms with E-state index >= 15 is 0 Å². The third kappa shape index (κ3) is 2.95. The Kier molecular flexibility index (Phi) is 3.18. The molecule has 0 aliphatic carbocycles. The molecule has 2 aromatic heterocycles. The van der Waals surface area contributed by atoms with Crippen molar-refractivity contribution in [2.75, 3.05) is 5.32 Å². The number of nitrogens with one attached hydrogen (secondary N) is 1. The molecule has 1 N–H and O–H groups in total. The molecule has 1 aromatic carbocycles. The molecule has 0 saturated carbocycles. The van der Waals surface area contributed by atoms with E-state index in [-0.39, 0.29) is 0 Å². The molecule has 0 aliphatic heterocycles. The van der Waals surface area contributed by atoms with Gasteiger partial charge in [0.25, 0.3) is 0 Å². The summed E-state index contributed by atoms with van der Waals surface area (Å²) in [6, 6.07) is 12.0. The maximum atomic E-state index is 4.32. The second kappa shape index (κ2) is 5.30. The van der Waals surface area contributed by atoms with Crippen LogP contribution in [0.5, 0.6) is 0 Å². The summed E-state index contributed by atoms with van der Waals surface area (Å²) in [5, 5.41) is 7.49. The first-order chi connectivity index (χ1) is 9.40. The number of hydrogen-bond donors (Lipinski definition) is 1. The lowest BCUT2D eigenvalue weighted by Crippen LogP contribution is -1.99. The molecular weight excluding hydrogens is 238 g/mol. The topological polar surface area (TPSA) is 55.6 Å². The quantitative estimate of drug-likeness (QED) is 0.774. The van der Waals surface area contributed by atoms with Crippen molar-refractivity contribution in [3.63, 3.8) is 0 Å². The molecule has 0 bridgehead atoms. The van der Waals surface area contributed by atoms with Gasteiger partial charge >= 0.3 is 0 Å². The van der Waals surface area contributed by atoms with Crippen molar-refractivity contribution in [2.24, 2.45) is 0 Å². The minimum absolute atomic E-state index is 0.756. The van der Waals surface area contributed by atoms with Crippen LogP contribution in [-0.2, 0) is 6.54 Å². The van der Waals surface area contributed by atoms with Crippen molar-refractivity contribution in [1.29, 1.82) is 0 Å². The van der Waals surface area contributed by atoms with Crippen LogP contribution in [0.1, 0.15) is 5.56 Å². The Balaban J connectivity index is 1.70. The predicted molar refractivity (Wildman–Crippen MR) is 73.1 cm³/mol. The normalized spacial score (nSPS) is 10.3. The van der Waals surface area contributed by atoms with E-state index in [1.807, 2.05) is 35.1 Å².